The zero-order valence-corrected chi connectivity index (χ0v) is 11.2. The lowest BCUT2D eigenvalue weighted by molar-refractivity contribution is -0.148. The molecule has 1 aromatic carbocycles. The molecule has 1 aromatic rings. The minimum atomic E-state index is -1.44. The lowest BCUT2D eigenvalue weighted by Gasteiger charge is -2.17. The summed E-state index contributed by atoms with van der Waals surface area (Å²) in [7, 11) is 0. The average Bonchev–Trinajstić information content (AvgIpc) is 2.34. The maximum atomic E-state index is 11.8. The molecular weight excluding hydrogens is 248 g/mol. The van der Waals surface area contributed by atoms with Crippen LogP contribution in [-0.4, -0.2) is 34.2 Å². The van der Waals surface area contributed by atoms with E-state index in [4.69, 9.17) is 9.84 Å². The van der Waals surface area contributed by atoms with E-state index in [0.717, 1.165) is 0 Å². The maximum absolute atomic E-state index is 11.8. The number of carbonyl (C=O) groups excluding carboxylic acids is 2. The molecule has 1 unspecified atom stereocenters. The van der Waals surface area contributed by atoms with Crippen LogP contribution in [0.1, 0.15) is 42.8 Å². The molecule has 0 radical (unpaired) electrons. The number of benzene rings is 1. The Morgan fingerprint density at radius 2 is 1.79 bits per heavy atom. The van der Waals surface area contributed by atoms with Gasteiger partial charge < -0.3 is 14.9 Å². The number of ether oxygens (including phenoxy) is 1. The highest BCUT2D eigenvalue weighted by Crippen LogP contribution is 2.20. The number of aliphatic hydroxyl groups excluding tert-OH is 1. The molecule has 1 rings (SSSR count). The van der Waals surface area contributed by atoms with Crippen LogP contribution in [0.4, 0.5) is 0 Å². The Hall–Kier alpha value is -1.72. The van der Waals surface area contributed by atoms with Gasteiger partial charge in [0, 0.05) is 12.5 Å². The summed E-state index contributed by atoms with van der Waals surface area (Å²) in [6.07, 6.45) is -0.746. The van der Waals surface area contributed by atoms with Crippen LogP contribution in [-0.2, 0) is 9.53 Å². The van der Waals surface area contributed by atoms with Crippen molar-refractivity contribution in [2.45, 2.75) is 32.5 Å². The molecule has 0 spiro atoms. The number of aliphatic hydroxyl groups is 2. The van der Waals surface area contributed by atoms with Crippen LogP contribution >= 0.6 is 0 Å². The van der Waals surface area contributed by atoms with Gasteiger partial charge in [-0.2, -0.15) is 0 Å². The average molecular weight is 266 g/mol. The van der Waals surface area contributed by atoms with Gasteiger partial charge in [0.1, 0.15) is 11.7 Å². The van der Waals surface area contributed by atoms with Gasteiger partial charge in [0.05, 0.1) is 6.61 Å². The van der Waals surface area contributed by atoms with E-state index in [9.17, 15) is 14.7 Å². The molecule has 0 saturated heterocycles. The highest BCUT2D eigenvalue weighted by Gasteiger charge is 2.25. The van der Waals surface area contributed by atoms with Crippen LogP contribution < -0.4 is 0 Å². The molecule has 0 heterocycles. The van der Waals surface area contributed by atoms with Crippen molar-refractivity contribution in [2.24, 2.45) is 0 Å². The molecule has 19 heavy (non-hydrogen) atoms. The minimum absolute atomic E-state index is 0.335. The number of hydrogen-bond donors (Lipinski definition) is 2. The van der Waals surface area contributed by atoms with Crippen molar-refractivity contribution in [3.05, 3.63) is 35.4 Å². The maximum Gasteiger partial charge on any atom is 0.303 e. The van der Waals surface area contributed by atoms with Crippen LogP contribution in [0.3, 0.4) is 0 Å². The molecule has 0 aromatic heterocycles. The second kappa shape index (κ2) is 5.95. The van der Waals surface area contributed by atoms with Crippen LogP contribution in [0.2, 0.25) is 0 Å². The van der Waals surface area contributed by atoms with Crippen molar-refractivity contribution >= 4 is 11.8 Å². The normalized spacial score (nSPS) is 12.9. The Labute approximate surface area is 111 Å². The zero-order valence-electron chi connectivity index (χ0n) is 11.2. The predicted molar refractivity (Wildman–Crippen MR) is 68.7 cm³/mol. The lowest BCUT2D eigenvalue weighted by atomic mass is 9.95. The zero-order chi connectivity index (χ0) is 14.6. The van der Waals surface area contributed by atoms with E-state index in [1.54, 1.807) is 12.1 Å². The first-order chi connectivity index (χ1) is 8.75. The number of ketones is 1. The molecule has 2 N–H and O–H groups in total. The minimum Gasteiger partial charge on any atom is -0.455 e. The Bertz CT molecular complexity index is 456. The molecule has 5 nitrogen and oxygen atoms in total. The summed E-state index contributed by atoms with van der Waals surface area (Å²) in [5.74, 6) is -0.886. The molecule has 1 atom stereocenters. The van der Waals surface area contributed by atoms with Crippen molar-refractivity contribution in [3.8, 4) is 0 Å². The van der Waals surface area contributed by atoms with Crippen LogP contribution in [0.25, 0.3) is 0 Å². The van der Waals surface area contributed by atoms with Gasteiger partial charge in [0.25, 0.3) is 0 Å². The van der Waals surface area contributed by atoms with E-state index in [-0.39, 0.29) is 6.61 Å². The number of esters is 1. The molecule has 0 fully saturated rings. The van der Waals surface area contributed by atoms with E-state index in [1.165, 1.54) is 32.9 Å². The first kappa shape index (κ1) is 15.3. The van der Waals surface area contributed by atoms with Crippen molar-refractivity contribution in [1.29, 1.82) is 0 Å². The molecule has 0 amide bonds. The van der Waals surface area contributed by atoms with Gasteiger partial charge >= 0.3 is 5.97 Å². The van der Waals surface area contributed by atoms with Crippen molar-refractivity contribution in [1.82, 2.24) is 0 Å². The summed E-state index contributed by atoms with van der Waals surface area (Å²) < 4.78 is 4.93. The molecule has 0 saturated carbocycles. The van der Waals surface area contributed by atoms with E-state index >= 15 is 0 Å². The lowest BCUT2D eigenvalue weighted by Crippen LogP contribution is -2.31. The number of hydrogen-bond acceptors (Lipinski definition) is 5. The largest absolute Gasteiger partial charge is 0.455 e. The highest BCUT2D eigenvalue weighted by molar-refractivity contribution is 6.01. The van der Waals surface area contributed by atoms with E-state index in [1.807, 2.05) is 0 Å². The van der Waals surface area contributed by atoms with Crippen LogP contribution in [0.5, 0.6) is 0 Å². The summed E-state index contributed by atoms with van der Waals surface area (Å²) in [6.45, 7) is 3.75. The van der Waals surface area contributed by atoms with Gasteiger partial charge in [-0.15, -0.1) is 0 Å². The van der Waals surface area contributed by atoms with E-state index < -0.39 is 23.5 Å². The Morgan fingerprint density at radius 3 is 2.16 bits per heavy atom. The third-order valence-electron chi connectivity index (χ3n) is 2.57. The molecule has 0 aliphatic heterocycles. The number of carbonyl (C=O) groups is 2. The highest BCUT2D eigenvalue weighted by atomic mass is 16.5. The Balaban J connectivity index is 2.92. The van der Waals surface area contributed by atoms with Gasteiger partial charge in [0.15, 0.2) is 5.78 Å². The summed E-state index contributed by atoms with van der Waals surface area (Å²) in [6, 6.07) is 6.23. The van der Waals surface area contributed by atoms with Gasteiger partial charge in [-0.05, 0) is 19.4 Å². The van der Waals surface area contributed by atoms with Crippen molar-refractivity contribution in [3.63, 3.8) is 0 Å². The molecule has 0 aliphatic rings. The van der Waals surface area contributed by atoms with Crippen molar-refractivity contribution < 1.29 is 24.5 Å². The number of Topliss-reactive ketones (excluding diaryl/α,β-unsaturated/α-hetero) is 1. The second-order valence-electron chi connectivity index (χ2n) is 4.79. The summed E-state index contributed by atoms with van der Waals surface area (Å²) >= 11 is 0. The smallest absolute Gasteiger partial charge is 0.303 e. The van der Waals surface area contributed by atoms with Crippen LogP contribution in [0, 0.1) is 0 Å². The van der Waals surface area contributed by atoms with Crippen molar-refractivity contribution in [2.75, 3.05) is 6.61 Å². The third-order valence-corrected chi connectivity index (χ3v) is 2.57. The first-order valence-electron chi connectivity index (χ1n) is 5.91. The topological polar surface area (TPSA) is 83.8 Å². The van der Waals surface area contributed by atoms with E-state index in [2.05, 4.69) is 0 Å². The molecule has 5 heteroatoms. The standard InChI is InChI=1S/C14H18O5/c1-9(16)19-12(8-15)10-4-6-11(7-5-10)13(17)14(2,3)18/h4-7,12,15,18H,8H2,1-3H3. The van der Waals surface area contributed by atoms with E-state index in [0.29, 0.717) is 11.1 Å². The molecule has 104 valence electrons. The Morgan fingerprint density at radius 1 is 1.26 bits per heavy atom. The molecule has 0 aliphatic carbocycles. The number of rotatable bonds is 5. The SMILES string of the molecule is CC(=O)OC(CO)c1ccc(C(=O)C(C)(C)O)cc1. The van der Waals surface area contributed by atoms with Crippen LogP contribution in [0.15, 0.2) is 24.3 Å². The van der Waals surface area contributed by atoms with Gasteiger partial charge in [-0.1, -0.05) is 24.3 Å². The fourth-order valence-electron chi connectivity index (χ4n) is 1.61. The van der Waals surface area contributed by atoms with Gasteiger partial charge in [0.2, 0.25) is 0 Å². The molecular formula is C14H18O5. The third kappa shape index (κ3) is 4.15. The monoisotopic (exact) mass is 266 g/mol. The summed E-state index contributed by atoms with van der Waals surface area (Å²) in [4.78, 5) is 22.7. The fraction of sp³-hybridized carbons (Fsp3) is 0.429. The summed E-state index contributed by atoms with van der Waals surface area (Å²) in [5.41, 5.74) is -0.492. The quantitative estimate of drug-likeness (QED) is 0.618. The first-order valence-corrected chi connectivity index (χ1v) is 5.91. The second-order valence-corrected chi connectivity index (χ2v) is 4.79. The van der Waals surface area contributed by atoms with Gasteiger partial charge in [-0.25, -0.2) is 0 Å². The van der Waals surface area contributed by atoms with Gasteiger partial charge in [-0.3, -0.25) is 9.59 Å². The summed E-state index contributed by atoms with van der Waals surface area (Å²) in [5, 5.41) is 18.8. The Kier molecular flexibility index (Phi) is 4.80. The fourth-order valence-corrected chi connectivity index (χ4v) is 1.61. The molecule has 0 bridgehead atoms. The predicted octanol–water partition coefficient (Wildman–Crippen LogP) is 1.24.